The van der Waals surface area contributed by atoms with Gasteiger partial charge in [-0.25, -0.2) is 0 Å². The van der Waals surface area contributed by atoms with Gasteiger partial charge in [0.05, 0.1) is 12.2 Å². The van der Waals surface area contributed by atoms with Gasteiger partial charge in [0, 0.05) is 25.6 Å². The van der Waals surface area contributed by atoms with Gasteiger partial charge in [0.15, 0.2) is 0 Å². The minimum atomic E-state index is 0.206. The highest BCUT2D eigenvalue weighted by Gasteiger charge is 2.26. The molecule has 0 amide bonds. The molecule has 1 aliphatic heterocycles. The van der Waals surface area contributed by atoms with E-state index in [0.29, 0.717) is 18.6 Å². The van der Waals surface area contributed by atoms with Crippen molar-refractivity contribution in [3.05, 3.63) is 0 Å². The van der Waals surface area contributed by atoms with Gasteiger partial charge >= 0.3 is 0 Å². The molecule has 86 valence electrons. The van der Waals surface area contributed by atoms with Crippen molar-refractivity contribution in [2.45, 2.75) is 52.2 Å². The summed E-state index contributed by atoms with van der Waals surface area (Å²) >= 11 is 0. The van der Waals surface area contributed by atoms with Crippen molar-refractivity contribution in [2.24, 2.45) is 5.41 Å². The van der Waals surface area contributed by atoms with E-state index in [2.05, 4.69) is 32.2 Å². The molecule has 0 radical (unpaired) electrons. The van der Waals surface area contributed by atoms with Crippen molar-refractivity contribution in [2.75, 3.05) is 13.2 Å². The zero-order chi connectivity index (χ0) is 11.3. The lowest BCUT2D eigenvalue weighted by Crippen LogP contribution is -2.40. The molecule has 0 aromatic rings. The molecule has 0 spiro atoms. The molecule has 15 heavy (non-hydrogen) atoms. The average Bonchev–Trinajstić information content (AvgIpc) is 2.58. The van der Waals surface area contributed by atoms with Crippen LogP contribution < -0.4 is 5.32 Å². The van der Waals surface area contributed by atoms with E-state index >= 15 is 0 Å². The van der Waals surface area contributed by atoms with Crippen molar-refractivity contribution < 1.29 is 4.74 Å². The zero-order valence-corrected chi connectivity index (χ0v) is 10.0. The van der Waals surface area contributed by atoms with Crippen LogP contribution in [0.15, 0.2) is 0 Å². The van der Waals surface area contributed by atoms with E-state index in [9.17, 15) is 0 Å². The van der Waals surface area contributed by atoms with Crippen molar-refractivity contribution in [1.82, 2.24) is 5.32 Å². The van der Waals surface area contributed by atoms with Gasteiger partial charge in [-0.1, -0.05) is 13.8 Å². The first-order valence-corrected chi connectivity index (χ1v) is 5.77. The summed E-state index contributed by atoms with van der Waals surface area (Å²) in [6.07, 6.45) is 3.04. The van der Waals surface area contributed by atoms with Crippen LogP contribution in [0.3, 0.4) is 0 Å². The van der Waals surface area contributed by atoms with Gasteiger partial charge in [-0.2, -0.15) is 5.26 Å². The lowest BCUT2D eigenvalue weighted by molar-refractivity contribution is 0.110. The largest absolute Gasteiger partial charge is 0.377 e. The van der Waals surface area contributed by atoms with Crippen molar-refractivity contribution >= 4 is 0 Å². The minimum absolute atomic E-state index is 0.206. The van der Waals surface area contributed by atoms with Crippen molar-refractivity contribution in [1.29, 1.82) is 5.26 Å². The van der Waals surface area contributed by atoms with Gasteiger partial charge in [0.1, 0.15) is 0 Å². The highest BCUT2D eigenvalue weighted by atomic mass is 16.5. The first-order valence-electron chi connectivity index (χ1n) is 5.77. The number of ether oxygens (including phenoxy) is 1. The molecule has 2 unspecified atom stereocenters. The summed E-state index contributed by atoms with van der Waals surface area (Å²) in [5.41, 5.74) is 0.206. The Bertz CT molecular complexity index is 232. The van der Waals surface area contributed by atoms with E-state index in [4.69, 9.17) is 10.00 Å². The van der Waals surface area contributed by atoms with Gasteiger partial charge in [-0.15, -0.1) is 0 Å². The number of nitrogens with one attached hydrogen (secondary N) is 1. The van der Waals surface area contributed by atoms with E-state index in [-0.39, 0.29) is 5.41 Å². The summed E-state index contributed by atoms with van der Waals surface area (Å²) in [6.45, 7) is 8.37. The van der Waals surface area contributed by atoms with Crippen LogP contribution in [0, 0.1) is 16.7 Å². The number of nitrogens with zero attached hydrogens (tertiary/aromatic N) is 1. The third-order valence-electron chi connectivity index (χ3n) is 3.13. The molecule has 0 aromatic carbocycles. The molecule has 1 fully saturated rings. The summed E-state index contributed by atoms with van der Waals surface area (Å²) in [6, 6.07) is 2.70. The van der Waals surface area contributed by atoms with E-state index in [1.807, 2.05) is 0 Å². The molecule has 0 bridgehead atoms. The van der Waals surface area contributed by atoms with Crippen LogP contribution in [0.5, 0.6) is 0 Å². The van der Waals surface area contributed by atoms with Crippen LogP contribution in [-0.2, 0) is 4.74 Å². The second-order valence-corrected chi connectivity index (χ2v) is 5.17. The van der Waals surface area contributed by atoms with Crippen molar-refractivity contribution in [3.8, 4) is 6.07 Å². The molecular weight excluding hydrogens is 188 g/mol. The Morgan fingerprint density at radius 3 is 2.80 bits per heavy atom. The third-order valence-corrected chi connectivity index (χ3v) is 3.13. The Balaban J connectivity index is 2.26. The Hall–Kier alpha value is -0.590. The number of rotatable bonds is 5. The van der Waals surface area contributed by atoms with Crippen LogP contribution in [0.25, 0.3) is 0 Å². The predicted molar refractivity (Wildman–Crippen MR) is 60.4 cm³/mol. The van der Waals surface area contributed by atoms with E-state index in [1.165, 1.54) is 0 Å². The molecule has 0 aliphatic carbocycles. The molecule has 1 saturated heterocycles. The van der Waals surface area contributed by atoms with Crippen LogP contribution in [0.1, 0.15) is 40.0 Å². The number of nitriles is 1. The van der Waals surface area contributed by atoms with Gasteiger partial charge in [0.25, 0.3) is 0 Å². The smallest absolute Gasteiger partial charge is 0.0700 e. The van der Waals surface area contributed by atoms with Gasteiger partial charge in [-0.3, -0.25) is 0 Å². The highest BCUT2D eigenvalue weighted by Crippen LogP contribution is 2.22. The fourth-order valence-corrected chi connectivity index (χ4v) is 1.89. The lowest BCUT2D eigenvalue weighted by atomic mass is 9.87. The molecule has 1 rings (SSSR count). The third kappa shape index (κ3) is 4.19. The lowest BCUT2D eigenvalue weighted by Gasteiger charge is -2.27. The van der Waals surface area contributed by atoms with Crippen LogP contribution >= 0.6 is 0 Å². The Labute approximate surface area is 92.8 Å². The standard InChI is InChI=1S/C12H22N2O/c1-10-11(5-8-15-10)14-9-12(2,3)6-4-7-13/h10-11,14H,4-6,8-9H2,1-3H3. The number of hydrogen-bond acceptors (Lipinski definition) is 3. The van der Waals surface area contributed by atoms with E-state index in [0.717, 1.165) is 26.0 Å². The maximum atomic E-state index is 8.56. The quantitative estimate of drug-likeness (QED) is 0.755. The van der Waals surface area contributed by atoms with E-state index in [1.54, 1.807) is 0 Å². The second-order valence-electron chi connectivity index (χ2n) is 5.17. The first kappa shape index (κ1) is 12.5. The second kappa shape index (κ2) is 5.48. The summed E-state index contributed by atoms with van der Waals surface area (Å²) < 4.78 is 5.50. The van der Waals surface area contributed by atoms with Crippen molar-refractivity contribution in [3.63, 3.8) is 0 Å². The monoisotopic (exact) mass is 210 g/mol. The topological polar surface area (TPSA) is 45.0 Å². The summed E-state index contributed by atoms with van der Waals surface area (Å²) in [5.74, 6) is 0. The fourth-order valence-electron chi connectivity index (χ4n) is 1.89. The molecule has 0 saturated carbocycles. The summed E-state index contributed by atoms with van der Waals surface area (Å²) in [7, 11) is 0. The molecule has 3 nitrogen and oxygen atoms in total. The maximum Gasteiger partial charge on any atom is 0.0700 e. The SMILES string of the molecule is CC1OCCC1NCC(C)(C)CCC#N. The molecule has 0 aromatic heterocycles. The van der Waals surface area contributed by atoms with Crippen LogP contribution in [-0.4, -0.2) is 25.3 Å². The zero-order valence-electron chi connectivity index (χ0n) is 10.0. The molecular formula is C12H22N2O. The van der Waals surface area contributed by atoms with Gasteiger partial charge in [-0.05, 0) is 25.2 Å². The summed E-state index contributed by atoms with van der Waals surface area (Å²) in [5, 5.41) is 12.1. The van der Waals surface area contributed by atoms with Gasteiger partial charge in [0.2, 0.25) is 0 Å². The van der Waals surface area contributed by atoms with Gasteiger partial charge < -0.3 is 10.1 Å². The Kier molecular flexibility index (Phi) is 4.56. The molecule has 2 atom stereocenters. The minimum Gasteiger partial charge on any atom is -0.377 e. The first-order chi connectivity index (χ1) is 7.05. The normalized spacial score (nSPS) is 26.5. The highest BCUT2D eigenvalue weighted by molar-refractivity contribution is 4.84. The molecule has 1 heterocycles. The predicted octanol–water partition coefficient (Wildman–Crippen LogP) is 2.08. The van der Waals surface area contributed by atoms with E-state index < -0.39 is 0 Å². The molecule has 1 aliphatic rings. The van der Waals surface area contributed by atoms with Crippen LogP contribution in [0.2, 0.25) is 0 Å². The Morgan fingerprint density at radius 2 is 2.27 bits per heavy atom. The molecule has 1 N–H and O–H groups in total. The van der Waals surface area contributed by atoms with Crippen LogP contribution in [0.4, 0.5) is 0 Å². The Morgan fingerprint density at radius 1 is 1.53 bits per heavy atom. The maximum absolute atomic E-state index is 8.56. The molecule has 3 heteroatoms. The average molecular weight is 210 g/mol. The fraction of sp³-hybridized carbons (Fsp3) is 0.917. The number of hydrogen-bond donors (Lipinski definition) is 1. The summed E-state index contributed by atoms with van der Waals surface area (Å²) in [4.78, 5) is 0.